The van der Waals surface area contributed by atoms with Gasteiger partial charge in [0.05, 0.1) is 11.4 Å². The summed E-state index contributed by atoms with van der Waals surface area (Å²) in [7, 11) is 1.87. The maximum Gasteiger partial charge on any atom is 0.240 e. The first-order chi connectivity index (χ1) is 6.24. The van der Waals surface area contributed by atoms with E-state index in [1.165, 1.54) is 0 Å². The summed E-state index contributed by atoms with van der Waals surface area (Å²) >= 11 is 1.93. The van der Waals surface area contributed by atoms with E-state index in [2.05, 4.69) is 17.1 Å². The van der Waals surface area contributed by atoms with E-state index < -0.39 is 0 Å². The summed E-state index contributed by atoms with van der Waals surface area (Å²) in [5.74, 6) is 1.41. The molecule has 4 heteroatoms. The average molecular weight is 200 g/mol. The van der Waals surface area contributed by atoms with Gasteiger partial charge in [-0.2, -0.15) is 0 Å². The standard InChI is InChI=1S/C9H16N2OS/c1-6-5-13-8-4-3-7(10-2)9(12)11(6)8/h6-8,10H,3-5H2,1-2H3/t6-,7+,8+/m1/s1. The normalized spacial score (nSPS) is 39.4. The Bertz CT molecular complexity index is 222. The van der Waals surface area contributed by atoms with E-state index in [0.717, 1.165) is 18.6 Å². The van der Waals surface area contributed by atoms with Crippen molar-refractivity contribution >= 4 is 17.7 Å². The van der Waals surface area contributed by atoms with Crippen LogP contribution in [0.2, 0.25) is 0 Å². The summed E-state index contributed by atoms with van der Waals surface area (Å²) in [4.78, 5) is 14.0. The van der Waals surface area contributed by atoms with Gasteiger partial charge in [-0.15, -0.1) is 11.8 Å². The second-order valence-corrected chi connectivity index (χ2v) is 5.01. The number of hydrogen-bond acceptors (Lipinski definition) is 3. The number of hydrogen-bond donors (Lipinski definition) is 1. The summed E-state index contributed by atoms with van der Waals surface area (Å²) < 4.78 is 0. The third-order valence-corrected chi connectivity index (χ3v) is 4.44. The molecule has 2 aliphatic heterocycles. The molecule has 3 atom stereocenters. The van der Waals surface area contributed by atoms with Gasteiger partial charge in [-0.3, -0.25) is 4.79 Å². The van der Waals surface area contributed by atoms with Gasteiger partial charge in [0.15, 0.2) is 0 Å². The molecule has 3 nitrogen and oxygen atoms in total. The highest BCUT2D eigenvalue weighted by atomic mass is 32.2. The van der Waals surface area contributed by atoms with E-state index in [0.29, 0.717) is 17.3 Å². The molecule has 2 aliphatic rings. The van der Waals surface area contributed by atoms with Crippen molar-refractivity contribution in [3.63, 3.8) is 0 Å². The molecular weight excluding hydrogens is 184 g/mol. The summed E-state index contributed by atoms with van der Waals surface area (Å²) in [5, 5.41) is 3.55. The zero-order valence-corrected chi connectivity index (χ0v) is 8.93. The van der Waals surface area contributed by atoms with E-state index in [1.807, 2.05) is 18.8 Å². The van der Waals surface area contributed by atoms with Crippen LogP contribution < -0.4 is 5.32 Å². The lowest BCUT2D eigenvalue weighted by molar-refractivity contribution is -0.137. The van der Waals surface area contributed by atoms with Gasteiger partial charge < -0.3 is 10.2 Å². The fourth-order valence-corrected chi connectivity index (χ4v) is 3.59. The number of fused-ring (bicyclic) bond motifs is 1. The van der Waals surface area contributed by atoms with Crippen LogP contribution >= 0.6 is 11.8 Å². The molecule has 1 amide bonds. The van der Waals surface area contributed by atoms with Gasteiger partial charge in [-0.25, -0.2) is 0 Å². The van der Waals surface area contributed by atoms with Crippen molar-refractivity contribution in [2.45, 2.75) is 37.2 Å². The van der Waals surface area contributed by atoms with Crippen molar-refractivity contribution in [2.75, 3.05) is 12.8 Å². The molecule has 0 spiro atoms. The SMILES string of the molecule is CN[C@H]1CC[C@@H]2SC[C@@H](C)N2C1=O. The van der Waals surface area contributed by atoms with E-state index in [9.17, 15) is 4.79 Å². The molecule has 0 aromatic rings. The molecular formula is C9H16N2OS. The zero-order chi connectivity index (χ0) is 9.42. The first kappa shape index (κ1) is 9.34. The highest BCUT2D eigenvalue weighted by molar-refractivity contribution is 8.00. The van der Waals surface area contributed by atoms with Crippen LogP contribution in [0.3, 0.4) is 0 Å². The smallest absolute Gasteiger partial charge is 0.240 e. The predicted molar refractivity (Wildman–Crippen MR) is 54.6 cm³/mol. The first-order valence-corrected chi connectivity index (χ1v) is 5.90. The third kappa shape index (κ3) is 1.46. The molecule has 0 aromatic heterocycles. The monoisotopic (exact) mass is 200 g/mol. The van der Waals surface area contributed by atoms with Gasteiger partial charge in [0.25, 0.3) is 0 Å². The number of carbonyl (C=O) groups excluding carboxylic acids is 1. The Balaban J connectivity index is 2.13. The van der Waals surface area contributed by atoms with Gasteiger partial charge in [0.1, 0.15) is 0 Å². The Kier molecular flexibility index (Phi) is 2.51. The number of nitrogens with zero attached hydrogens (tertiary/aromatic N) is 1. The Morgan fingerprint density at radius 2 is 2.31 bits per heavy atom. The van der Waals surface area contributed by atoms with E-state index >= 15 is 0 Å². The molecule has 0 unspecified atom stereocenters. The van der Waals surface area contributed by atoms with Gasteiger partial charge in [-0.1, -0.05) is 0 Å². The predicted octanol–water partition coefficient (Wildman–Crippen LogP) is 0.658. The van der Waals surface area contributed by atoms with Crippen molar-refractivity contribution in [1.82, 2.24) is 10.2 Å². The van der Waals surface area contributed by atoms with Crippen molar-refractivity contribution < 1.29 is 4.79 Å². The fraction of sp³-hybridized carbons (Fsp3) is 0.889. The van der Waals surface area contributed by atoms with Crippen LogP contribution in [0, 0.1) is 0 Å². The number of likely N-dealkylation sites (N-methyl/N-ethyl adjacent to an activating group) is 1. The Hall–Kier alpha value is -0.220. The molecule has 0 aliphatic carbocycles. The molecule has 0 saturated carbocycles. The molecule has 1 N–H and O–H groups in total. The highest BCUT2D eigenvalue weighted by Gasteiger charge is 2.41. The molecule has 13 heavy (non-hydrogen) atoms. The molecule has 2 fully saturated rings. The van der Waals surface area contributed by atoms with Crippen LogP contribution in [0.15, 0.2) is 0 Å². The van der Waals surface area contributed by atoms with E-state index in [4.69, 9.17) is 0 Å². The summed E-state index contributed by atoms with van der Waals surface area (Å²) in [6.45, 7) is 2.14. The summed E-state index contributed by atoms with van der Waals surface area (Å²) in [6, 6.07) is 0.496. The Morgan fingerprint density at radius 3 is 3.00 bits per heavy atom. The number of carbonyl (C=O) groups is 1. The number of thioether (sulfide) groups is 1. The van der Waals surface area contributed by atoms with Crippen molar-refractivity contribution in [2.24, 2.45) is 0 Å². The average Bonchev–Trinajstić information content (AvgIpc) is 2.49. The topological polar surface area (TPSA) is 32.3 Å². The second-order valence-electron chi connectivity index (χ2n) is 3.80. The fourth-order valence-electron chi connectivity index (χ4n) is 2.16. The largest absolute Gasteiger partial charge is 0.326 e. The van der Waals surface area contributed by atoms with Gasteiger partial charge >= 0.3 is 0 Å². The molecule has 0 radical (unpaired) electrons. The lowest BCUT2D eigenvalue weighted by Gasteiger charge is -2.36. The van der Waals surface area contributed by atoms with Crippen molar-refractivity contribution in [3.8, 4) is 0 Å². The van der Waals surface area contributed by atoms with Crippen LogP contribution in [0.1, 0.15) is 19.8 Å². The third-order valence-electron chi connectivity index (χ3n) is 2.92. The number of piperidine rings is 1. The van der Waals surface area contributed by atoms with Crippen LogP contribution in [0.4, 0.5) is 0 Å². The second kappa shape index (κ2) is 3.50. The zero-order valence-electron chi connectivity index (χ0n) is 8.12. The first-order valence-electron chi connectivity index (χ1n) is 4.85. The number of amides is 1. The minimum Gasteiger partial charge on any atom is -0.326 e. The molecule has 0 bridgehead atoms. The van der Waals surface area contributed by atoms with Crippen LogP contribution in [-0.4, -0.2) is 41.1 Å². The van der Waals surface area contributed by atoms with E-state index in [1.54, 1.807) is 0 Å². The Labute approximate surface area is 83.2 Å². The minimum absolute atomic E-state index is 0.0670. The lowest BCUT2D eigenvalue weighted by atomic mass is 10.0. The molecule has 0 aromatic carbocycles. The van der Waals surface area contributed by atoms with Gasteiger partial charge in [0.2, 0.25) is 5.91 Å². The molecule has 2 heterocycles. The quantitative estimate of drug-likeness (QED) is 0.675. The molecule has 2 rings (SSSR count). The minimum atomic E-state index is 0.0670. The maximum absolute atomic E-state index is 11.9. The summed E-state index contributed by atoms with van der Waals surface area (Å²) in [5.41, 5.74) is 0. The summed E-state index contributed by atoms with van der Waals surface area (Å²) in [6.07, 6.45) is 2.14. The molecule has 2 saturated heterocycles. The number of rotatable bonds is 1. The van der Waals surface area contributed by atoms with Gasteiger partial charge in [-0.05, 0) is 26.8 Å². The van der Waals surface area contributed by atoms with E-state index in [-0.39, 0.29) is 6.04 Å². The van der Waals surface area contributed by atoms with Crippen molar-refractivity contribution in [3.05, 3.63) is 0 Å². The maximum atomic E-state index is 11.9. The van der Waals surface area contributed by atoms with Crippen LogP contribution in [0.25, 0.3) is 0 Å². The van der Waals surface area contributed by atoms with Crippen LogP contribution in [-0.2, 0) is 4.79 Å². The number of nitrogens with one attached hydrogen (secondary N) is 1. The van der Waals surface area contributed by atoms with Crippen molar-refractivity contribution in [1.29, 1.82) is 0 Å². The van der Waals surface area contributed by atoms with Crippen LogP contribution in [0.5, 0.6) is 0 Å². The van der Waals surface area contributed by atoms with Gasteiger partial charge in [0, 0.05) is 11.8 Å². The Morgan fingerprint density at radius 1 is 1.54 bits per heavy atom. The lowest BCUT2D eigenvalue weighted by Crippen LogP contribution is -2.53. The highest BCUT2D eigenvalue weighted by Crippen LogP contribution is 2.35. The molecule has 74 valence electrons.